The van der Waals surface area contributed by atoms with Gasteiger partial charge in [0, 0.05) is 31.0 Å². The number of nitrogens with one attached hydrogen (secondary N) is 1. The van der Waals surface area contributed by atoms with Crippen LogP contribution in [0.5, 0.6) is 5.75 Å². The average Bonchev–Trinajstić information content (AvgIpc) is 3.62. The summed E-state index contributed by atoms with van der Waals surface area (Å²) in [5, 5.41) is 2.73. The Hall–Kier alpha value is -4.47. The van der Waals surface area contributed by atoms with Crippen LogP contribution in [-0.2, 0) is 22.6 Å². The van der Waals surface area contributed by atoms with E-state index in [0.717, 1.165) is 24.0 Å². The van der Waals surface area contributed by atoms with Crippen LogP contribution < -0.4 is 10.1 Å². The van der Waals surface area contributed by atoms with E-state index in [9.17, 15) is 19.2 Å². The summed E-state index contributed by atoms with van der Waals surface area (Å²) >= 11 is 0. The molecule has 0 saturated heterocycles. The molecule has 3 aliphatic rings. The number of hydrogen-bond donors (Lipinski definition) is 1. The number of nitrogens with zero attached hydrogens (tertiary/aromatic N) is 3. The topological polar surface area (TPSA) is 122 Å². The third-order valence-electron chi connectivity index (χ3n) is 8.52. The van der Waals surface area contributed by atoms with E-state index in [0.29, 0.717) is 48.4 Å². The molecule has 212 valence electrons. The smallest absolute Gasteiger partial charge is 0.261 e. The van der Waals surface area contributed by atoms with Crippen LogP contribution in [0.25, 0.3) is 0 Å². The number of aromatic nitrogens is 1. The van der Waals surface area contributed by atoms with E-state index in [1.54, 1.807) is 42.4 Å². The number of oxazole rings is 1. The number of hydrogen-bond acceptors (Lipinski definition) is 7. The molecule has 0 bridgehead atoms. The van der Waals surface area contributed by atoms with E-state index >= 15 is 0 Å². The Morgan fingerprint density at radius 2 is 1.76 bits per heavy atom. The van der Waals surface area contributed by atoms with Crippen LogP contribution in [0.1, 0.15) is 69.3 Å². The van der Waals surface area contributed by atoms with Crippen LogP contribution in [-0.4, -0.2) is 58.5 Å². The molecule has 1 aliphatic carbocycles. The number of imide groups is 1. The number of rotatable bonds is 7. The zero-order valence-corrected chi connectivity index (χ0v) is 22.9. The highest BCUT2D eigenvalue weighted by Gasteiger charge is 2.45. The SMILES string of the molecule is CNC(=O)[C@@H]1CCCCC1C(=O)N1CCc2cccc(OCc3cnco3)c2[C@H]1CN1C(=O)c2ccccc2C1=O. The summed E-state index contributed by atoms with van der Waals surface area (Å²) in [6.45, 7) is 0.513. The second-order valence-corrected chi connectivity index (χ2v) is 10.8. The van der Waals surface area contributed by atoms with Crippen molar-refractivity contribution in [2.24, 2.45) is 11.8 Å². The summed E-state index contributed by atoms with van der Waals surface area (Å²) in [5.74, 6) is -0.831. The Morgan fingerprint density at radius 1 is 1.02 bits per heavy atom. The Morgan fingerprint density at radius 3 is 2.44 bits per heavy atom. The first-order valence-corrected chi connectivity index (χ1v) is 14.1. The van der Waals surface area contributed by atoms with Gasteiger partial charge in [0.25, 0.3) is 11.8 Å². The number of benzene rings is 2. The molecule has 2 aromatic carbocycles. The second kappa shape index (κ2) is 11.2. The number of amides is 4. The highest BCUT2D eigenvalue weighted by atomic mass is 16.5. The van der Waals surface area contributed by atoms with E-state index in [1.165, 1.54) is 11.3 Å². The number of carbonyl (C=O) groups is 4. The van der Waals surface area contributed by atoms with Gasteiger partial charge in [-0.3, -0.25) is 24.1 Å². The van der Waals surface area contributed by atoms with Crippen LogP contribution in [0.4, 0.5) is 0 Å². The summed E-state index contributed by atoms with van der Waals surface area (Å²) in [4.78, 5) is 60.9. The van der Waals surface area contributed by atoms with Gasteiger partial charge in [0.05, 0.1) is 29.9 Å². The van der Waals surface area contributed by atoms with E-state index in [2.05, 4.69) is 10.3 Å². The van der Waals surface area contributed by atoms with Crippen LogP contribution in [0.2, 0.25) is 0 Å². The summed E-state index contributed by atoms with van der Waals surface area (Å²) in [5.41, 5.74) is 2.45. The lowest BCUT2D eigenvalue weighted by atomic mass is 9.77. The first-order valence-electron chi connectivity index (χ1n) is 14.1. The van der Waals surface area contributed by atoms with Crippen molar-refractivity contribution in [1.82, 2.24) is 20.1 Å². The standard InChI is InChI=1S/C31H32N4O6/c1-32-28(36)21-8-2-3-9-22(21)29(37)34-14-13-19-7-6-12-26(40-17-20-15-33-18-41-20)27(19)25(34)16-35-30(38)23-10-4-5-11-24(23)31(35)39/h4-7,10-12,15,18,21-22,25H,2-3,8-9,13-14,16-17H2,1H3,(H,32,36)/t21-,22?,25-/m1/s1. The Balaban J connectivity index is 1.38. The largest absolute Gasteiger partial charge is 0.485 e. The quantitative estimate of drug-likeness (QED) is 0.442. The lowest BCUT2D eigenvalue weighted by molar-refractivity contribution is -0.146. The molecule has 1 fully saturated rings. The molecule has 3 heterocycles. The van der Waals surface area contributed by atoms with Gasteiger partial charge in [-0.2, -0.15) is 0 Å². The van der Waals surface area contributed by atoms with Crippen molar-refractivity contribution in [3.05, 3.63) is 83.1 Å². The van der Waals surface area contributed by atoms with E-state index < -0.39 is 17.9 Å². The Kier molecular flexibility index (Phi) is 7.30. The molecule has 1 aromatic heterocycles. The number of fused-ring (bicyclic) bond motifs is 2. The van der Waals surface area contributed by atoms with Gasteiger partial charge in [0.1, 0.15) is 12.4 Å². The highest BCUT2D eigenvalue weighted by molar-refractivity contribution is 6.21. The van der Waals surface area contributed by atoms with E-state index in [-0.39, 0.29) is 36.8 Å². The molecule has 0 spiro atoms. The van der Waals surface area contributed by atoms with Crippen LogP contribution in [0.15, 0.2) is 59.5 Å². The summed E-state index contributed by atoms with van der Waals surface area (Å²) in [6.07, 6.45) is 6.50. The maximum atomic E-state index is 14.3. The molecule has 3 aromatic rings. The Labute approximate surface area is 237 Å². The monoisotopic (exact) mass is 556 g/mol. The van der Waals surface area contributed by atoms with Gasteiger partial charge in [-0.1, -0.05) is 37.1 Å². The lowest BCUT2D eigenvalue weighted by Crippen LogP contribution is -2.51. The number of ether oxygens (including phenoxy) is 1. The van der Waals surface area contributed by atoms with Gasteiger partial charge in [0.2, 0.25) is 11.8 Å². The zero-order chi connectivity index (χ0) is 28.5. The molecule has 1 unspecified atom stereocenters. The van der Waals surface area contributed by atoms with Crippen molar-refractivity contribution in [3.63, 3.8) is 0 Å². The minimum absolute atomic E-state index is 0.0227. The predicted octanol–water partition coefficient (Wildman–Crippen LogP) is 3.53. The van der Waals surface area contributed by atoms with Gasteiger partial charge in [-0.15, -0.1) is 0 Å². The third-order valence-corrected chi connectivity index (χ3v) is 8.52. The van der Waals surface area contributed by atoms with Crippen molar-refractivity contribution in [2.45, 2.75) is 44.8 Å². The first-order chi connectivity index (χ1) is 20.0. The van der Waals surface area contributed by atoms with Crippen LogP contribution in [0, 0.1) is 11.8 Å². The fourth-order valence-corrected chi connectivity index (χ4v) is 6.50. The predicted molar refractivity (Wildman–Crippen MR) is 147 cm³/mol. The van der Waals surface area contributed by atoms with E-state index in [1.807, 2.05) is 18.2 Å². The zero-order valence-electron chi connectivity index (χ0n) is 22.9. The molecule has 10 nitrogen and oxygen atoms in total. The molecular formula is C31H32N4O6. The molecule has 6 rings (SSSR count). The summed E-state index contributed by atoms with van der Waals surface area (Å²) in [7, 11) is 1.60. The second-order valence-electron chi connectivity index (χ2n) is 10.8. The van der Waals surface area contributed by atoms with Crippen molar-refractivity contribution in [3.8, 4) is 5.75 Å². The number of carbonyl (C=O) groups excluding carboxylic acids is 4. The highest BCUT2D eigenvalue weighted by Crippen LogP contribution is 2.41. The Bertz CT molecular complexity index is 1450. The molecule has 1 saturated carbocycles. The van der Waals surface area contributed by atoms with Gasteiger partial charge in [0.15, 0.2) is 12.2 Å². The third kappa shape index (κ3) is 4.87. The van der Waals surface area contributed by atoms with Gasteiger partial charge >= 0.3 is 0 Å². The summed E-state index contributed by atoms with van der Waals surface area (Å²) < 4.78 is 11.5. The molecule has 0 radical (unpaired) electrons. The first kappa shape index (κ1) is 26.7. The van der Waals surface area contributed by atoms with Crippen LogP contribution in [0.3, 0.4) is 0 Å². The van der Waals surface area contributed by atoms with Crippen molar-refractivity contribution < 1.29 is 28.3 Å². The minimum Gasteiger partial charge on any atom is -0.485 e. The van der Waals surface area contributed by atoms with Gasteiger partial charge in [-0.25, -0.2) is 4.98 Å². The molecule has 10 heteroatoms. The molecule has 41 heavy (non-hydrogen) atoms. The lowest BCUT2D eigenvalue weighted by Gasteiger charge is -2.42. The average molecular weight is 557 g/mol. The van der Waals surface area contributed by atoms with Crippen molar-refractivity contribution in [2.75, 3.05) is 20.1 Å². The molecule has 4 amide bonds. The molecule has 3 atom stereocenters. The molecular weight excluding hydrogens is 524 g/mol. The summed E-state index contributed by atoms with van der Waals surface area (Å²) in [6, 6.07) is 11.8. The minimum atomic E-state index is -0.647. The fraction of sp³-hybridized carbons (Fsp3) is 0.387. The van der Waals surface area contributed by atoms with Crippen molar-refractivity contribution in [1.29, 1.82) is 0 Å². The van der Waals surface area contributed by atoms with Gasteiger partial charge < -0.3 is 19.4 Å². The van der Waals surface area contributed by atoms with E-state index in [4.69, 9.17) is 9.15 Å². The normalized spacial score (nSPS) is 21.8. The van der Waals surface area contributed by atoms with Crippen molar-refractivity contribution >= 4 is 23.6 Å². The maximum Gasteiger partial charge on any atom is 0.261 e. The van der Waals surface area contributed by atoms with Gasteiger partial charge in [-0.05, 0) is 43.0 Å². The molecule has 2 aliphatic heterocycles. The maximum absolute atomic E-state index is 14.3. The molecule has 1 N–H and O–H groups in total. The fourth-order valence-electron chi connectivity index (χ4n) is 6.50. The van der Waals surface area contributed by atoms with Crippen LogP contribution >= 0.6 is 0 Å².